The predicted octanol–water partition coefficient (Wildman–Crippen LogP) is 5.95. The van der Waals surface area contributed by atoms with Crippen molar-refractivity contribution in [3.05, 3.63) is 88.7 Å². The van der Waals surface area contributed by atoms with Gasteiger partial charge in [-0.15, -0.1) is 5.11 Å². The Morgan fingerprint density at radius 3 is 2.17 bits per heavy atom. The highest BCUT2D eigenvalue weighted by atomic mass is 127. The summed E-state index contributed by atoms with van der Waals surface area (Å²) in [6.07, 6.45) is 9.42. The minimum atomic E-state index is -0.542. The summed E-state index contributed by atoms with van der Waals surface area (Å²) in [6, 6.07) is 7.80. The first kappa shape index (κ1) is 33.7. The second-order valence-corrected chi connectivity index (χ2v) is 12.4. The van der Waals surface area contributed by atoms with E-state index in [0.29, 0.717) is 29.5 Å². The minimum Gasteiger partial charge on any atom is -0.390 e. The molecule has 13 heteroatoms. The maximum absolute atomic E-state index is 8.47. The van der Waals surface area contributed by atoms with Crippen molar-refractivity contribution in [2.45, 2.75) is 27.7 Å². The molecule has 3 heterocycles. The largest absolute Gasteiger partial charge is 0.390 e. The lowest BCUT2D eigenvalue weighted by Crippen LogP contribution is -2.07. The molecule has 2 aromatic heterocycles. The van der Waals surface area contributed by atoms with Crippen molar-refractivity contribution in [1.82, 2.24) is 9.97 Å². The fourth-order valence-corrected chi connectivity index (χ4v) is 7.61. The number of pyridine rings is 2. The summed E-state index contributed by atoms with van der Waals surface area (Å²) < 4.78 is 3.23. The van der Waals surface area contributed by atoms with Crippen molar-refractivity contribution in [3.8, 4) is 22.3 Å². The molecule has 0 unspecified atom stereocenters. The highest BCUT2D eigenvalue weighted by Crippen LogP contribution is 2.45. The number of hydrogen-bond acceptors (Lipinski definition) is 7. The van der Waals surface area contributed by atoms with Crippen LogP contribution in [-0.4, -0.2) is 64.1 Å². The molecule has 0 aliphatic carbocycles. The van der Waals surface area contributed by atoms with E-state index in [9.17, 15) is 0 Å². The summed E-state index contributed by atoms with van der Waals surface area (Å²) in [5.41, 5.74) is 21.7. The maximum atomic E-state index is 8.47. The molecule has 0 saturated carbocycles. The van der Waals surface area contributed by atoms with E-state index in [1.54, 1.807) is 26.4 Å². The van der Waals surface area contributed by atoms with Crippen LogP contribution in [0.25, 0.3) is 25.8 Å². The van der Waals surface area contributed by atoms with Gasteiger partial charge in [-0.2, -0.15) is 5.11 Å². The Bertz CT molecular complexity index is 1930. The number of nitrogens with two attached hydrogens (primary N) is 2. The molecule has 4 rings (SSSR count). The summed E-state index contributed by atoms with van der Waals surface area (Å²) >= 11 is -0.542. The van der Waals surface area contributed by atoms with E-state index in [1.165, 1.54) is 22.6 Å². The van der Waals surface area contributed by atoms with Gasteiger partial charge in [0.2, 0.25) is 0 Å². The Kier molecular flexibility index (Phi) is 11.5. The Labute approximate surface area is 278 Å². The third-order valence-electron chi connectivity index (χ3n) is 6.95. The Balaban J connectivity index is 2.00. The van der Waals surface area contributed by atoms with E-state index >= 15 is 0 Å². The van der Waals surface area contributed by atoms with Gasteiger partial charge in [-0.3, -0.25) is 30.4 Å². The molecule has 1 aliphatic heterocycles. The number of amidine groups is 2. The van der Waals surface area contributed by atoms with Crippen molar-refractivity contribution in [2.75, 3.05) is 13.6 Å². The van der Waals surface area contributed by atoms with Gasteiger partial charge >= 0.3 is 0 Å². The molecule has 0 radical (unpaired) electrons. The Morgan fingerprint density at radius 2 is 1.57 bits per heavy atom. The lowest BCUT2D eigenvalue weighted by Gasteiger charge is -2.24. The first-order chi connectivity index (χ1) is 22.2. The highest BCUT2D eigenvalue weighted by molar-refractivity contribution is 14.2. The molecule has 5 N–H and O–H groups in total. The van der Waals surface area contributed by atoms with Gasteiger partial charge in [-0.25, -0.2) is 9.98 Å². The van der Waals surface area contributed by atoms with E-state index in [2.05, 4.69) is 78.6 Å². The van der Waals surface area contributed by atoms with E-state index in [1.807, 2.05) is 28.4 Å². The second kappa shape index (κ2) is 15.7. The SMILES string of the molecule is C=C(C)N=NC(=N)c1cc(-c2c(C)c(C3=CC(CN=CN=CN)=NC=I3)c(C)c(-c3ccnc(C(N=CN)=NC)c3)c2C)ccn1. The number of nitrogens with zero attached hydrogens (tertiary/aromatic N) is 9. The van der Waals surface area contributed by atoms with Gasteiger partial charge in [0.25, 0.3) is 0 Å². The van der Waals surface area contributed by atoms with Crippen LogP contribution in [0, 0.1) is 26.2 Å². The van der Waals surface area contributed by atoms with Gasteiger partial charge < -0.3 is 11.5 Å². The molecule has 234 valence electrons. The zero-order valence-electron chi connectivity index (χ0n) is 26.3. The topological polar surface area (TPSA) is 188 Å². The van der Waals surface area contributed by atoms with Crippen molar-refractivity contribution in [3.63, 3.8) is 0 Å². The number of azo groups is 1. The molecule has 0 saturated heterocycles. The molecule has 1 aromatic carbocycles. The zero-order valence-corrected chi connectivity index (χ0v) is 28.5. The number of hydrogen-bond donors (Lipinski definition) is 3. The molecule has 1 aliphatic rings. The Hall–Kier alpha value is -5.18. The van der Waals surface area contributed by atoms with Crippen LogP contribution in [0.5, 0.6) is 0 Å². The van der Waals surface area contributed by atoms with E-state index in [-0.39, 0.29) is 5.84 Å². The normalized spacial score (nSPS) is 13.9. The average Bonchev–Trinajstić information content (AvgIpc) is 3.05. The quantitative estimate of drug-likeness (QED) is 0.106. The van der Waals surface area contributed by atoms with Gasteiger partial charge in [0.1, 0.15) is 17.7 Å². The van der Waals surface area contributed by atoms with Crippen molar-refractivity contribution in [1.29, 1.82) is 5.41 Å². The van der Waals surface area contributed by atoms with Crippen molar-refractivity contribution < 1.29 is 0 Å². The number of nitrogens with one attached hydrogen (secondary N) is 1. The van der Waals surface area contributed by atoms with Crippen LogP contribution in [0.15, 0.2) is 90.2 Å². The monoisotopic (exact) mass is 726 g/mol. The summed E-state index contributed by atoms with van der Waals surface area (Å²) in [7, 11) is 1.66. The molecule has 0 atom stereocenters. The molecule has 12 nitrogen and oxygen atoms in total. The van der Waals surface area contributed by atoms with Gasteiger partial charge in [0, 0.05) is 23.0 Å². The van der Waals surface area contributed by atoms with E-state index < -0.39 is 20.7 Å². The fraction of sp³-hybridized carbons (Fsp3) is 0.182. The average molecular weight is 727 g/mol. The summed E-state index contributed by atoms with van der Waals surface area (Å²) in [6.45, 7) is 12.2. The summed E-state index contributed by atoms with van der Waals surface area (Å²) in [4.78, 5) is 30.2. The second-order valence-electron chi connectivity index (χ2n) is 10.0. The van der Waals surface area contributed by atoms with E-state index in [0.717, 1.165) is 50.2 Å². The van der Waals surface area contributed by atoms with Crippen LogP contribution in [0.3, 0.4) is 0 Å². The van der Waals surface area contributed by atoms with E-state index in [4.69, 9.17) is 16.9 Å². The number of benzene rings is 1. The number of aliphatic imine (C=N–C) groups is 5. The third-order valence-corrected chi connectivity index (χ3v) is 9.03. The third kappa shape index (κ3) is 7.72. The molecule has 0 bridgehead atoms. The maximum Gasteiger partial charge on any atom is 0.193 e. The van der Waals surface area contributed by atoms with Crippen molar-refractivity contribution in [2.24, 2.45) is 46.7 Å². The van der Waals surface area contributed by atoms with Crippen LogP contribution in [0.4, 0.5) is 0 Å². The standard InChI is InChI=1S/C33H35IN12/c1-19(2)45-46-32(37)27-11-23(7-9-41-27)29-20(3)30(24-8-10-42-28(12-24)33(38-6)44-17-36)22(5)31(21(29)4)26-13-25(43-15-34-26)14-39-18-40-16-35/h7-13,15-18,37H,1,14H2,2-6H3,(H2,35,39,40)(H2,36,38,44). The fourth-order valence-electron chi connectivity index (χ4n) is 5.15. The van der Waals surface area contributed by atoms with Crippen LogP contribution < -0.4 is 11.5 Å². The van der Waals surface area contributed by atoms with Gasteiger partial charge in [-0.05, 0) is 103 Å². The molecule has 46 heavy (non-hydrogen) atoms. The van der Waals surface area contributed by atoms with Crippen LogP contribution in [-0.2, 0) is 0 Å². The van der Waals surface area contributed by atoms with Gasteiger partial charge in [0.05, 0.1) is 34.8 Å². The number of halogens is 1. The minimum absolute atomic E-state index is 0.0471. The predicted molar refractivity (Wildman–Crippen MR) is 200 cm³/mol. The summed E-state index contributed by atoms with van der Waals surface area (Å²) in [5.74, 6) is 0.387. The van der Waals surface area contributed by atoms with Crippen molar-refractivity contribution >= 4 is 64.8 Å². The molecule has 0 spiro atoms. The Morgan fingerprint density at radius 1 is 0.935 bits per heavy atom. The molecule has 0 amide bonds. The first-order valence-corrected chi connectivity index (χ1v) is 16.4. The summed E-state index contributed by atoms with van der Waals surface area (Å²) in [5, 5.41) is 16.4. The van der Waals surface area contributed by atoms with Crippen LogP contribution >= 0.6 is 20.7 Å². The molecule has 3 aromatic rings. The van der Waals surface area contributed by atoms with Crippen LogP contribution in [0.2, 0.25) is 0 Å². The van der Waals surface area contributed by atoms with Gasteiger partial charge in [-0.1, -0.05) is 27.3 Å². The van der Waals surface area contributed by atoms with Crippen LogP contribution in [0.1, 0.15) is 40.6 Å². The van der Waals surface area contributed by atoms with Gasteiger partial charge in [0.15, 0.2) is 11.7 Å². The zero-order chi connectivity index (χ0) is 33.2. The lowest BCUT2D eigenvalue weighted by atomic mass is 9.82. The lowest BCUT2D eigenvalue weighted by molar-refractivity contribution is 1.13. The highest BCUT2D eigenvalue weighted by Gasteiger charge is 2.23. The molecular weight excluding hydrogens is 691 g/mol. The number of allylic oxidation sites excluding steroid dienone is 1. The number of rotatable bonds is 9. The number of aromatic nitrogens is 2. The molecular formula is C33H35IN12. The first-order valence-electron chi connectivity index (χ1n) is 14.1. The smallest absolute Gasteiger partial charge is 0.193 e. The molecule has 0 fully saturated rings.